The van der Waals surface area contributed by atoms with Gasteiger partial charge in [0.1, 0.15) is 0 Å². The molecule has 0 fully saturated rings. The van der Waals surface area contributed by atoms with Gasteiger partial charge in [0.05, 0.1) is 0 Å². The van der Waals surface area contributed by atoms with E-state index in [2.05, 4.69) is 24.5 Å². The minimum absolute atomic E-state index is 0.0389. The highest BCUT2D eigenvalue weighted by Crippen LogP contribution is 2.07. The number of hydrogen-bond donors (Lipinski definition) is 2. The van der Waals surface area contributed by atoms with Crippen molar-refractivity contribution in [3.05, 3.63) is 35.4 Å². The van der Waals surface area contributed by atoms with E-state index in [0.717, 1.165) is 24.9 Å². The summed E-state index contributed by atoms with van der Waals surface area (Å²) >= 11 is 0. The molecule has 2 N–H and O–H groups in total. The number of carbonyl (C=O) groups excluding carboxylic acids is 2. The zero-order valence-corrected chi connectivity index (χ0v) is 12.5. The van der Waals surface area contributed by atoms with Crippen LogP contribution in [-0.2, 0) is 11.3 Å². The van der Waals surface area contributed by atoms with Gasteiger partial charge in [-0.2, -0.15) is 0 Å². The maximum Gasteiger partial charge on any atom is 0.251 e. The van der Waals surface area contributed by atoms with Gasteiger partial charge in [-0.1, -0.05) is 38.8 Å². The normalized spacial score (nSPS) is 10.4. The van der Waals surface area contributed by atoms with Crippen molar-refractivity contribution in [2.45, 2.75) is 40.2 Å². The molecule has 4 nitrogen and oxygen atoms in total. The number of carbonyl (C=O) groups is 2. The molecule has 0 radical (unpaired) electrons. The highest BCUT2D eigenvalue weighted by Gasteiger charge is 2.08. The number of amides is 2. The van der Waals surface area contributed by atoms with Crippen LogP contribution in [0.2, 0.25) is 0 Å². The molecule has 0 unspecified atom stereocenters. The largest absolute Gasteiger partial charge is 0.352 e. The van der Waals surface area contributed by atoms with Gasteiger partial charge in [-0.05, 0) is 23.6 Å². The fourth-order valence-electron chi connectivity index (χ4n) is 1.92. The summed E-state index contributed by atoms with van der Waals surface area (Å²) in [7, 11) is 0. The van der Waals surface area contributed by atoms with E-state index in [1.54, 1.807) is 12.1 Å². The molecule has 110 valence electrons. The Bertz CT molecular complexity index is 436. The van der Waals surface area contributed by atoms with Crippen molar-refractivity contribution >= 4 is 11.8 Å². The summed E-state index contributed by atoms with van der Waals surface area (Å²) in [6.45, 7) is 6.97. The zero-order valence-electron chi connectivity index (χ0n) is 12.5. The van der Waals surface area contributed by atoms with Gasteiger partial charge in [0, 0.05) is 25.6 Å². The maximum absolute atomic E-state index is 12.0. The van der Waals surface area contributed by atoms with E-state index < -0.39 is 0 Å². The molecule has 0 heterocycles. The van der Waals surface area contributed by atoms with Gasteiger partial charge in [0.2, 0.25) is 5.91 Å². The van der Waals surface area contributed by atoms with Gasteiger partial charge in [-0.3, -0.25) is 9.59 Å². The summed E-state index contributed by atoms with van der Waals surface area (Å²) in [5.41, 5.74) is 1.64. The summed E-state index contributed by atoms with van der Waals surface area (Å²) in [4.78, 5) is 22.8. The van der Waals surface area contributed by atoms with Crippen LogP contribution in [-0.4, -0.2) is 18.4 Å². The maximum atomic E-state index is 12.0. The van der Waals surface area contributed by atoms with Crippen molar-refractivity contribution in [1.82, 2.24) is 10.6 Å². The van der Waals surface area contributed by atoms with Gasteiger partial charge >= 0.3 is 0 Å². The molecule has 0 saturated carbocycles. The van der Waals surface area contributed by atoms with Crippen molar-refractivity contribution in [2.75, 3.05) is 6.54 Å². The first-order valence-electron chi connectivity index (χ1n) is 7.18. The van der Waals surface area contributed by atoms with E-state index in [-0.39, 0.29) is 11.8 Å². The van der Waals surface area contributed by atoms with E-state index in [0.29, 0.717) is 18.0 Å². The summed E-state index contributed by atoms with van der Waals surface area (Å²) in [6.07, 6.45) is 2.15. The SMILES string of the molecule is CCC(CC)CNC(=O)c1ccc(CNC(C)=O)cc1. The summed E-state index contributed by atoms with van der Waals surface area (Å²) in [6, 6.07) is 7.31. The van der Waals surface area contributed by atoms with Gasteiger partial charge in [-0.25, -0.2) is 0 Å². The Hall–Kier alpha value is -1.84. The molecule has 1 aromatic carbocycles. The molecular weight excluding hydrogens is 252 g/mol. The van der Waals surface area contributed by atoms with Gasteiger partial charge in [0.15, 0.2) is 0 Å². The van der Waals surface area contributed by atoms with Crippen molar-refractivity contribution in [3.8, 4) is 0 Å². The van der Waals surface area contributed by atoms with Crippen molar-refractivity contribution in [2.24, 2.45) is 5.92 Å². The molecule has 1 aromatic rings. The fourth-order valence-corrected chi connectivity index (χ4v) is 1.92. The lowest BCUT2D eigenvalue weighted by molar-refractivity contribution is -0.119. The number of rotatable bonds is 7. The standard InChI is InChI=1S/C16H24N2O2/c1-4-13(5-2)10-18-16(20)15-8-6-14(7-9-15)11-17-12(3)19/h6-9,13H,4-5,10-11H2,1-3H3,(H,17,19)(H,18,20). The molecule has 4 heteroatoms. The Kier molecular flexibility index (Phi) is 6.77. The van der Waals surface area contributed by atoms with Gasteiger partial charge in [0.25, 0.3) is 5.91 Å². The molecule has 0 spiro atoms. The van der Waals surface area contributed by atoms with E-state index in [9.17, 15) is 9.59 Å². The molecule has 20 heavy (non-hydrogen) atoms. The molecule has 0 aliphatic heterocycles. The van der Waals surface area contributed by atoms with Gasteiger partial charge in [-0.15, -0.1) is 0 Å². The first-order chi connectivity index (χ1) is 9.56. The summed E-state index contributed by atoms with van der Waals surface area (Å²) in [5.74, 6) is 0.443. The molecule has 0 saturated heterocycles. The highest BCUT2D eigenvalue weighted by molar-refractivity contribution is 5.94. The second kappa shape index (κ2) is 8.35. The molecule has 0 aliphatic carbocycles. The van der Waals surface area contributed by atoms with Crippen LogP contribution in [0, 0.1) is 5.92 Å². The Balaban J connectivity index is 2.50. The fraction of sp³-hybridized carbons (Fsp3) is 0.500. The summed E-state index contributed by atoms with van der Waals surface area (Å²) in [5, 5.41) is 5.69. The average molecular weight is 276 g/mol. The highest BCUT2D eigenvalue weighted by atomic mass is 16.2. The van der Waals surface area contributed by atoms with E-state index in [1.807, 2.05) is 12.1 Å². The number of nitrogens with one attached hydrogen (secondary N) is 2. The van der Waals surface area contributed by atoms with Crippen molar-refractivity contribution in [3.63, 3.8) is 0 Å². The average Bonchev–Trinajstić information content (AvgIpc) is 2.46. The van der Waals surface area contributed by atoms with Crippen LogP contribution < -0.4 is 10.6 Å². The quantitative estimate of drug-likeness (QED) is 0.804. The van der Waals surface area contributed by atoms with Gasteiger partial charge < -0.3 is 10.6 Å². The third-order valence-electron chi connectivity index (χ3n) is 3.46. The summed E-state index contributed by atoms with van der Waals surface area (Å²) < 4.78 is 0. The molecule has 1 rings (SSSR count). The molecule has 0 aromatic heterocycles. The van der Waals surface area contributed by atoms with Crippen LogP contribution in [0.5, 0.6) is 0 Å². The predicted octanol–water partition coefficient (Wildman–Crippen LogP) is 2.49. The minimum Gasteiger partial charge on any atom is -0.352 e. The monoisotopic (exact) mass is 276 g/mol. The molecule has 0 bridgehead atoms. The van der Waals surface area contributed by atoms with Crippen molar-refractivity contribution in [1.29, 1.82) is 0 Å². The van der Waals surface area contributed by atoms with Crippen LogP contribution in [0.3, 0.4) is 0 Å². The predicted molar refractivity (Wildman–Crippen MR) is 80.4 cm³/mol. The van der Waals surface area contributed by atoms with E-state index >= 15 is 0 Å². The second-order valence-corrected chi connectivity index (χ2v) is 5.00. The lowest BCUT2D eigenvalue weighted by atomic mass is 10.0. The third kappa shape index (κ3) is 5.43. The Morgan fingerprint density at radius 2 is 1.65 bits per heavy atom. The Morgan fingerprint density at radius 1 is 1.05 bits per heavy atom. The lowest BCUT2D eigenvalue weighted by Crippen LogP contribution is -2.28. The Labute approximate surface area is 121 Å². The van der Waals surface area contributed by atoms with E-state index in [1.165, 1.54) is 6.92 Å². The number of benzene rings is 1. The van der Waals surface area contributed by atoms with Crippen LogP contribution in [0.15, 0.2) is 24.3 Å². The van der Waals surface area contributed by atoms with Crippen LogP contribution >= 0.6 is 0 Å². The third-order valence-corrected chi connectivity index (χ3v) is 3.46. The molecule has 0 aliphatic rings. The molecule has 0 atom stereocenters. The minimum atomic E-state index is -0.0583. The first kappa shape index (κ1) is 16.2. The van der Waals surface area contributed by atoms with E-state index in [4.69, 9.17) is 0 Å². The van der Waals surface area contributed by atoms with Crippen LogP contribution in [0.25, 0.3) is 0 Å². The van der Waals surface area contributed by atoms with Crippen LogP contribution in [0.1, 0.15) is 49.5 Å². The number of hydrogen-bond acceptors (Lipinski definition) is 2. The molecular formula is C16H24N2O2. The molecule has 2 amide bonds. The second-order valence-electron chi connectivity index (χ2n) is 5.00. The topological polar surface area (TPSA) is 58.2 Å². The lowest BCUT2D eigenvalue weighted by Gasteiger charge is -2.13. The first-order valence-corrected chi connectivity index (χ1v) is 7.18. The van der Waals surface area contributed by atoms with Crippen LogP contribution in [0.4, 0.5) is 0 Å². The Morgan fingerprint density at radius 3 is 2.15 bits per heavy atom. The van der Waals surface area contributed by atoms with Crippen molar-refractivity contribution < 1.29 is 9.59 Å². The smallest absolute Gasteiger partial charge is 0.251 e. The zero-order chi connectivity index (χ0) is 15.0.